The van der Waals surface area contributed by atoms with Crippen LogP contribution in [0.5, 0.6) is 17.2 Å². The highest BCUT2D eigenvalue weighted by molar-refractivity contribution is 5.87. The molecule has 1 N–H and O–H groups in total. The van der Waals surface area contributed by atoms with Crippen molar-refractivity contribution in [2.45, 2.75) is 46.5 Å². The molecular formula is C24H28N2O6. The number of rotatable bonds is 11. The van der Waals surface area contributed by atoms with Gasteiger partial charge in [0.1, 0.15) is 17.2 Å². The first-order valence-corrected chi connectivity index (χ1v) is 10.4. The summed E-state index contributed by atoms with van der Waals surface area (Å²) in [6, 6.07) is 12.1. The van der Waals surface area contributed by atoms with Crippen LogP contribution < -0.4 is 19.6 Å². The molecule has 1 amide bonds. The molecule has 0 bridgehead atoms. The summed E-state index contributed by atoms with van der Waals surface area (Å²) in [6.45, 7) is 4.48. The molecule has 0 radical (unpaired) electrons. The van der Waals surface area contributed by atoms with E-state index in [0.29, 0.717) is 11.3 Å². The lowest BCUT2D eigenvalue weighted by molar-refractivity contribution is -0.132. The normalized spacial score (nSPS) is 10.6. The molecule has 0 atom stereocenters. The van der Waals surface area contributed by atoms with Crippen molar-refractivity contribution in [3.63, 3.8) is 0 Å². The Balaban J connectivity index is 1.88. The van der Waals surface area contributed by atoms with Crippen molar-refractivity contribution >= 4 is 24.1 Å². The standard InChI is InChI=1S/C24H28N2O6/c1-4-5-6-7-19-8-11-21(12-9-19)30-16-24(29)26-25-15-20-10-13-22(31-17(2)27)14-23(20)32-18(3)28/h8-15H,4-7,16H2,1-3H3,(H,26,29)/b25-15-. The Labute approximate surface area is 187 Å². The first-order valence-electron chi connectivity index (χ1n) is 10.4. The van der Waals surface area contributed by atoms with Gasteiger partial charge in [0.25, 0.3) is 5.91 Å². The molecular weight excluding hydrogens is 412 g/mol. The molecule has 2 rings (SSSR count). The van der Waals surface area contributed by atoms with Crippen LogP contribution in [0.2, 0.25) is 0 Å². The van der Waals surface area contributed by atoms with E-state index in [1.807, 2.05) is 24.3 Å². The zero-order valence-corrected chi connectivity index (χ0v) is 18.6. The van der Waals surface area contributed by atoms with Crippen LogP contribution in [0.3, 0.4) is 0 Å². The number of carbonyl (C=O) groups is 3. The number of unbranched alkanes of at least 4 members (excludes halogenated alkanes) is 2. The van der Waals surface area contributed by atoms with Gasteiger partial charge in [-0.25, -0.2) is 5.43 Å². The highest BCUT2D eigenvalue weighted by Gasteiger charge is 2.09. The molecule has 32 heavy (non-hydrogen) atoms. The fourth-order valence-electron chi connectivity index (χ4n) is 2.78. The predicted octanol–water partition coefficient (Wildman–Crippen LogP) is 3.80. The topological polar surface area (TPSA) is 103 Å². The van der Waals surface area contributed by atoms with E-state index >= 15 is 0 Å². The molecule has 0 spiro atoms. The Bertz CT molecular complexity index is 953. The Kier molecular flexibility index (Phi) is 9.90. The number of hydrogen-bond acceptors (Lipinski definition) is 7. The van der Waals surface area contributed by atoms with E-state index < -0.39 is 17.8 Å². The number of hydrogen-bond donors (Lipinski definition) is 1. The number of amides is 1. The molecule has 0 aliphatic heterocycles. The van der Waals surface area contributed by atoms with Crippen LogP contribution in [-0.4, -0.2) is 30.7 Å². The third-order valence-electron chi connectivity index (χ3n) is 4.26. The van der Waals surface area contributed by atoms with E-state index in [0.717, 1.165) is 12.8 Å². The Morgan fingerprint density at radius 1 is 0.938 bits per heavy atom. The molecule has 0 aliphatic carbocycles. The number of nitrogens with one attached hydrogen (secondary N) is 1. The fourth-order valence-corrected chi connectivity index (χ4v) is 2.78. The molecule has 2 aromatic rings. The average molecular weight is 440 g/mol. The van der Waals surface area contributed by atoms with E-state index in [1.54, 1.807) is 6.07 Å². The second kappa shape index (κ2) is 12.9. The van der Waals surface area contributed by atoms with Gasteiger partial charge in [0.15, 0.2) is 6.61 Å². The lowest BCUT2D eigenvalue weighted by atomic mass is 10.1. The van der Waals surface area contributed by atoms with Crippen molar-refractivity contribution < 1.29 is 28.6 Å². The molecule has 0 aromatic heterocycles. The molecule has 170 valence electrons. The van der Waals surface area contributed by atoms with Gasteiger partial charge in [-0.15, -0.1) is 0 Å². The summed E-state index contributed by atoms with van der Waals surface area (Å²) in [5.41, 5.74) is 4.01. The van der Waals surface area contributed by atoms with E-state index in [-0.39, 0.29) is 18.1 Å². The number of esters is 2. The van der Waals surface area contributed by atoms with E-state index in [4.69, 9.17) is 14.2 Å². The van der Waals surface area contributed by atoms with E-state index in [2.05, 4.69) is 17.5 Å². The van der Waals surface area contributed by atoms with E-state index in [1.165, 1.54) is 50.6 Å². The highest BCUT2D eigenvalue weighted by atomic mass is 16.5. The van der Waals surface area contributed by atoms with Crippen molar-refractivity contribution in [2.75, 3.05) is 6.61 Å². The van der Waals surface area contributed by atoms with Gasteiger partial charge in [-0.2, -0.15) is 5.10 Å². The maximum absolute atomic E-state index is 12.0. The van der Waals surface area contributed by atoms with Crippen molar-refractivity contribution in [3.8, 4) is 17.2 Å². The number of ether oxygens (including phenoxy) is 3. The lowest BCUT2D eigenvalue weighted by Crippen LogP contribution is -2.24. The van der Waals surface area contributed by atoms with Crippen molar-refractivity contribution in [1.82, 2.24) is 5.43 Å². The van der Waals surface area contributed by atoms with Gasteiger partial charge in [0, 0.05) is 25.5 Å². The second-order valence-corrected chi connectivity index (χ2v) is 7.07. The minimum atomic E-state index is -0.548. The Hall–Kier alpha value is -3.68. The molecule has 0 unspecified atom stereocenters. The zero-order valence-electron chi connectivity index (χ0n) is 18.6. The SMILES string of the molecule is CCCCCc1ccc(OCC(=O)N/N=C\c2ccc(OC(C)=O)cc2OC(C)=O)cc1. The van der Waals surface area contributed by atoms with Gasteiger partial charge in [0.2, 0.25) is 0 Å². The first kappa shape index (κ1) is 24.6. The van der Waals surface area contributed by atoms with E-state index in [9.17, 15) is 14.4 Å². The molecule has 0 saturated heterocycles. The third-order valence-corrected chi connectivity index (χ3v) is 4.26. The average Bonchev–Trinajstić information content (AvgIpc) is 2.74. The molecule has 0 aliphatic rings. The predicted molar refractivity (Wildman–Crippen MR) is 120 cm³/mol. The van der Waals surface area contributed by atoms with Crippen LogP contribution in [0.4, 0.5) is 0 Å². The smallest absolute Gasteiger partial charge is 0.308 e. The van der Waals surface area contributed by atoms with Gasteiger partial charge in [0.05, 0.1) is 6.21 Å². The summed E-state index contributed by atoms with van der Waals surface area (Å²) in [4.78, 5) is 34.4. The summed E-state index contributed by atoms with van der Waals surface area (Å²) < 4.78 is 15.6. The molecule has 0 heterocycles. The molecule has 0 saturated carbocycles. The summed E-state index contributed by atoms with van der Waals surface area (Å²) in [6.07, 6.45) is 5.89. The summed E-state index contributed by atoms with van der Waals surface area (Å²) in [5.74, 6) is -0.531. The van der Waals surface area contributed by atoms with Crippen LogP contribution >= 0.6 is 0 Å². The summed E-state index contributed by atoms with van der Waals surface area (Å²) >= 11 is 0. The van der Waals surface area contributed by atoms with Gasteiger partial charge in [-0.05, 0) is 42.7 Å². The van der Waals surface area contributed by atoms with Crippen molar-refractivity contribution in [2.24, 2.45) is 5.10 Å². The van der Waals surface area contributed by atoms with Crippen LogP contribution in [-0.2, 0) is 20.8 Å². The summed E-state index contributed by atoms with van der Waals surface area (Å²) in [7, 11) is 0. The van der Waals surface area contributed by atoms with Crippen LogP contribution in [0.1, 0.15) is 51.2 Å². The maximum Gasteiger partial charge on any atom is 0.308 e. The molecule has 0 fully saturated rings. The summed E-state index contributed by atoms with van der Waals surface area (Å²) in [5, 5.41) is 3.86. The zero-order chi connectivity index (χ0) is 23.3. The third kappa shape index (κ3) is 8.99. The quantitative estimate of drug-likeness (QED) is 0.187. The van der Waals surface area contributed by atoms with Crippen LogP contribution in [0, 0.1) is 0 Å². The first-order chi connectivity index (χ1) is 15.4. The highest BCUT2D eigenvalue weighted by Crippen LogP contribution is 2.24. The lowest BCUT2D eigenvalue weighted by Gasteiger charge is -2.08. The molecule has 8 nitrogen and oxygen atoms in total. The minimum Gasteiger partial charge on any atom is -0.484 e. The monoisotopic (exact) mass is 440 g/mol. The Morgan fingerprint density at radius 3 is 2.28 bits per heavy atom. The Morgan fingerprint density at radius 2 is 1.62 bits per heavy atom. The maximum atomic E-state index is 12.0. The number of hydrazone groups is 1. The largest absolute Gasteiger partial charge is 0.484 e. The van der Waals surface area contributed by atoms with Gasteiger partial charge >= 0.3 is 11.9 Å². The van der Waals surface area contributed by atoms with Gasteiger partial charge in [-0.1, -0.05) is 31.9 Å². The van der Waals surface area contributed by atoms with Gasteiger partial charge < -0.3 is 14.2 Å². The number of benzene rings is 2. The van der Waals surface area contributed by atoms with Crippen LogP contribution in [0.25, 0.3) is 0 Å². The van der Waals surface area contributed by atoms with Crippen molar-refractivity contribution in [3.05, 3.63) is 53.6 Å². The number of aryl methyl sites for hydroxylation is 1. The van der Waals surface area contributed by atoms with Gasteiger partial charge in [-0.3, -0.25) is 14.4 Å². The van der Waals surface area contributed by atoms with Crippen molar-refractivity contribution in [1.29, 1.82) is 0 Å². The minimum absolute atomic E-state index is 0.143. The fraction of sp³-hybridized carbons (Fsp3) is 0.333. The number of nitrogens with zero attached hydrogens (tertiary/aromatic N) is 1. The second-order valence-electron chi connectivity index (χ2n) is 7.07. The number of carbonyl (C=O) groups excluding carboxylic acids is 3. The molecule has 8 heteroatoms. The van der Waals surface area contributed by atoms with Crippen LogP contribution in [0.15, 0.2) is 47.6 Å². The molecule has 2 aromatic carbocycles.